The number of furan rings is 1. The number of rotatable bonds is 1. The standard InChI is InChI=1S/C55H50BN3O/c1-31-25-45-49-46(26-31)59-47-30-34(55(8,9)10)28-38-37-27-32(53(2,3)4)21-23-41(37)58(50(38)47)43-18-14-17-39(51(43)59)56(49)40-29-33(54(5,6)7)22-24-42(40)57(45)44-19-13-16-36-35-15-11-12-20-48(35)60-52(36)44/h11-30H,1-10H3. The molecule has 9 aromatic rings. The van der Waals surface area contributed by atoms with Crippen LogP contribution in [-0.4, -0.2) is 11.3 Å². The van der Waals surface area contributed by atoms with Crippen molar-refractivity contribution < 1.29 is 4.42 Å². The molecule has 60 heavy (non-hydrogen) atoms. The Morgan fingerprint density at radius 1 is 0.467 bits per heavy atom. The van der Waals surface area contributed by atoms with Gasteiger partial charge in [-0.05, 0) is 122 Å². The quantitative estimate of drug-likeness (QED) is 0.155. The first-order valence-corrected chi connectivity index (χ1v) is 21.6. The van der Waals surface area contributed by atoms with E-state index in [2.05, 4.69) is 205 Å². The van der Waals surface area contributed by atoms with E-state index in [0.29, 0.717) is 0 Å². The summed E-state index contributed by atoms with van der Waals surface area (Å²) in [6.45, 7) is 23.3. The van der Waals surface area contributed by atoms with Crippen LogP contribution < -0.4 is 26.2 Å². The van der Waals surface area contributed by atoms with Gasteiger partial charge in [0.25, 0.3) is 6.71 Å². The molecule has 0 fully saturated rings. The van der Waals surface area contributed by atoms with Crippen LogP contribution in [0.15, 0.2) is 126 Å². The van der Waals surface area contributed by atoms with Gasteiger partial charge in [-0.25, -0.2) is 0 Å². The van der Waals surface area contributed by atoms with E-state index in [0.717, 1.165) is 27.6 Å². The van der Waals surface area contributed by atoms with Crippen LogP contribution in [0.5, 0.6) is 0 Å². The fourth-order valence-corrected chi connectivity index (χ4v) is 10.7. The maximum Gasteiger partial charge on any atom is 0.252 e. The number of aromatic nitrogens is 1. The minimum Gasteiger partial charge on any atom is -0.454 e. The monoisotopic (exact) mass is 779 g/mol. The Kier molecular flexibility index (Phi) is 6.87. The first kappa shape index (κ1) is 35.7. The number of aryl methyl sites for hydroxylation is 1. The van der Waals surface area contributed by atoms with Crippen molar-refractivity contribution >= 4 is 101 Å². The molecule has 0 amide bonds. The fraction of sp³-hybridized carbons (Fsp3) is 0.236. The zero-order valence-corrected chi connectivity index (χ0v) is 36.4. The Balaban J connectivity index is 1.23. The lowest BCUT2D eigenvalue weighted by atomic mass is 9.33. The molecule has 0 saturated heterocycles. The number of benzene rings is 7. The molecular formula is C55H50BN3O. The fourth-order valence-electron chi connectivity index (χ4n) is 10.7. The topological polar surface area (TPSA) is 24.6 Å². The predicted octanol–water partition coefficient (Wildman–Crippen LogP) is 13.3. The van der Waals surface area contributed by atoms with Gasteiger partial charge in [0.05, 0.1) is 33.8 Å². The van der Waals surface area contributed by atoms with Gasteiger partial charge < -0.3 is 18.8 Å². The van der Waals surface area contributed by atoms with Gasteiger partial charge in [0, 0.05) is 38.6 Å². The summed E-state index contributed by atoms with van der Waals surface area (Å²) in [6, 6.07) is 46.4. The van der Waals surface area contributed by atoms with Crippen molar-refractivity contribution in [1.82, 2.24) is 4.57 Å². The van der Waals surface area contributed by atoms with Gasteiger partial charge >= 0.3 is 0 Å². The van der Waals surface area contributed by atoms with Crippen molar-refractivity contribution in [2.75, 3.05) is 9.80 Å². The lowest BCUT2D eigenvalue weighted by Crippen LogP contribution is -2.62. The Hall–Kier alpha value is -6.20. The van der Waals surface area contributed by atoms with Crippen molar-refractivity contribution in [2.45, 2.75) is 85.5 Å². The van der Waals surface area contributed by atoms with Gasteiger partial charge in [0.2, 0.25) is 0 Å². The summed E-state index contributed by atoms with van der Waals surface area (Å²) in [5, 5.41) is 4.91. The van der Waals surface area contributed by atoms with Gasteiger partial charge in [-0.3, -0.25) is 0 Å². The molecule has 12 rings (SSSR count). The van der Waals surface area contributed by atoms with Crippen LogP contribution in [0.3, 0.4) is 0 Å². The largest absolute Gasteiger partial charge is 0.454 e. The van der Waals surface area contributed by atoms with Gasteiger partial charge in [0.15, 0.2) is 5.58 Å². The number of hydrogen-bond donors (Lipinski definition) is 0. The van der Waals surface area contributed by atoms with Crippen molar-refractivity contribution in [3.63, 3.8) is 0 Å². The molecule has 3 aliphatic heterocycles. The number of para-hydroxylation sites is 3. The Labute approximate surface area is 353 Å². The van der Waals surface area contributed by atoms with Crippen LogP contribution >= 0.6 is 0 Å². The molecule has 4 nitrogen and oxygen atoms in total. The van der Waals surface area contributed by atoms with E-state index in [1.807, 2.05) is 0 Å². The number of hydrogen-bond acceptors (Lipinski definition) is 3. The van der Waals surface area contributed by atoms with E-state index in [1.165, 1.54) is 94.6 Å². The third-order valence-corrected chi connectivity index (χ3v) is 13.8. The summed E-state index contributed by atoms with van der Waals surface area (Å²) >= 11 is 0. The lowest BCUT2D eigenvalue weighted by Gasteiger charge is -2.46. The van der Waals surface area contributed by atoms with Gasteiger partial charge in [-0.1, -0.05) is 123 Å². The van der Waals surface area contributed by atoms with E-state index in [1.54, 1.807) is 0 Å². The minimum atomic E-state index is -0.0603. The second-order valence-electron chi connectivity index (χ2n) is 20.8. The van der Waals surface area contributed by atoms with Gasteiger partial charge in [-0.15, -0.1) is 0 Å². The molecule has 294 valence electrons. The van der Waals surface area contributed by atoms with Gasteiger partial charge in [-0.2, -0.15) is 0 Å². The average Bonchev–Trinajstić information content (AvgIpc) is 3.75. The normalized spacial score (nSPS) is 14.4. The number of nitrogens with zero attached hydrogens (tertiary/aromatic N) is 3. The molecule has 3 aliphatic rings. The molecule has 0 radical (unpaired) electrons. The first-order valence-electron chi connectivity index (χ1n) is 21.6. The molecule has 0 spiro atoms. The van der Waals surface area contributed by atoms with Crippen LogP contribution in [0.4, 0.5) is 34.1 Å². The third kappa shape index (κ3) is 4.69. The molecule has 7 aromatic carbocycles. The molecular weight excluding hydrogens is 729 g/mol. The zero-order chi connectivity index (χ0) is 41.4. The second-order valence-corrected chi connectivity index (χ2v) is 20.8. The van der Waals surface area contributed by atoms with Crippen LogP contribution in [-0.2, 0) is 16.2 Å². The smallest absolute Gasteiger partial charge is 0.252 e. The number of fused-ring (bicyclic) bond motifs is 12. The molecule has 0 bridgehead atoms. The van der Waals surface area contributed by atoms with E-state index in [-0.39, 0.29) is 23.0 Å². The van der Waals surface area contributed by atoms with Crippen LogP contribution in [0.1, 0.15) is 84.6 Å². The summed E-state index contributed by atoms with van der Waals surface area (Å²) in [7, 11) is 0. The summed E-state index contributed by atoms with van der Waals surface area (Å²) in [6.07, 6.45) is 0. The maximum atomic E-state index is 6.82. The maximum absolute atomic E-state index is 6.82. The van der Waals surface area contributed by atoms with Crippen LogP contribution in [0.25, 0.3) is 49.4 Å². The van der Waals surface area contributed by atoms with E-state index >= 15 is 0 Å². The molecule has 0 N–H and O–H groups in total. The Morgan fingerprint density at radius 3 is 1.88 bits per heavy atom. The Bertz CT molecular complexity index is 3360. The highest BCUT2D eigenvalue weighted by Crippen LogP contribution is 2.54. The highest BCUT2D eigenvalue weighted by atomic mass is 16.3. The molecule has 0 aliphatic carbocycles. The molecule has 0 atom stereocenters. The summed E-state index contributed by atoms with van der Waals surface area (Å²) in [4.78, 5) is 5.16. The summed E-state index contributed by atoms with van der Waals surface area (Å²) < 4.78 is 9.40. The van der Waals surface area contributed by atoms with Crippen molar-refractivity contribution in [2.24, 2.45) is 0 Å². The van der Waals surface area contributed by atoms with E-state index in [9.17, 15) is 0 Å². The predicted molar refractivity (Wildman–Crippen MR) is 256 cm³/mol. The van der Waals surface area contributed by atoms with Crippen molar-refractivity contribution in [3.8, 4) is 5.69 Å². The van der Waals surface area contributed by atoms with Crippen molar-refractivity contribution in [1.29, 1.82) is 0 Å². The highest BCUT2D eigenvalue weighted by Gasteiger charge is 2.47. The van der Waals surface area contributed by atoms with Crippen molar-refractivity contribution in [3.05, 3.63) is 144 Å². The van der Waals surface area contributed by atoms with E-state index < -0.39 is 0 Å². The molecule has 0 unspecified atom stereocenters. The van der Waals surface area contributed by atoms with E-state index in [4.69, 9.17) is 4.42 Å². The molecule has 2 aromatic heterocycles. The first-order chi connectivity index (χ1) is 28.6. The SMILES string of the molecule is Cc1cc2c3c(c1)N1c4c(cccc4-n4c5ccc(C(C)(C)C)cc5c5cc(C(C)(C)C)cc1c54)B3c1cc(C(C)(C)C)ccc1N2c1cccc2c1oc1ccccc12. The summed E-state index contributed by atoms with van der Waals surface area (Å²) in [5.74, 6) is 0. The van der Waals surface area contributed by atoms with Crippen LogP contribution in [0, 0.1) is 6.92 Å². The summed E-state index contributed by atoms with van der Waals surface area (Å²) in [5.41, 5.74) is 22.0. The molecule has 5 heteroatoms. The zero-order valence-electron chi connectivity index (χ0n) is 36.4. The van der Waals surface area contributed by atoms with Gasteiger partial charge in [0.1, 0.15) is 5.58 Å². The minimum absolute atomic E-state index is 0.0161. The molecule has 0 saturated carbocycles. The Morgan fingerprint density at radius 2 is 1.12 bits per heavy atom. The molecule has 5 heterocycles. The second kappa shape index (κ2) is 11.5. The number of anilines is 6. The highest BCUT2D eigenvalue weighted by molar-refractivity contribution is 7.00. The average molecular weight is 780 g/mol. The third-order valence-electron chi connectivity index (χ3n) is 13.8. The lowest BCUT2D eigenvalue weighted by molar-refractivity contribution is 0.590. The van der Waals surface area contributed by atoms with Crippen LogP contribution in [0.2, 0.25) is 0 Å².